The Bertz CT molecular complexity index is 2090. The minimum Gasteiger partial charge on any atom is -0.508 e. The molecule has 0 aromatic heterocycles. The summed E-state index contributed by atoms with van der Waals surface area (Å²) in [7, 11) is 0. The molecule has 4 aliphatic heterocycles. The highest BCUT2D eigenvalue weighted by Crippen LogP contribution is 2.47. The number of carbonyl (C=O) groups is 3. The maximum absolute atomic E-state index is 15.5. The number of phenols is 1. The third-order valence-corrected chi connectivity index (χ3v) is 12.7. The molecule has 9 nitrogen and oxygen atoms in total. The van der Waals surface area contributed by atoms with Crippen LogP contribution in [0.4, 0.5) is 15.8 Å². The van der Waals surface area contributed by atoms with E-state index in [2.05, 4.69) is 63.2 Å². The Kier molecular flexibility index (Phi) is 9.54. The number of aromatic hydroxyl groups is 1. The van der Waals surface area contributed by atoms with Gasteiger partial charge >= 0.3 is 0 Å². The molecule has 9 rings (SSSR count). The van der Waals surface area contributed by atoms with Crippen LogP contribution in [-0.2, 0) is 16.1 Å². The van der Waals surface area contributed by atoms with Crippen molar-refractivity contribution in [2.24, 2.45) is 5.92 Å². The lowest BCUT2D eigenvalue weighted by molar-refractivity contribution is -0.133. The van der Waals surface area contributed by atoms with Crippen molar-refractivity contribution in [3.05, 3.63) is 119 Å². The molecule has 0 radical (unpaired) electrons. The van der Waals surface area contributed by atoms with Gasteiger partial charge in [0.05, 0.1) is 24.8 Å². The number of anilines is 2. The van der Waals surface area contributed by atoms with Gasteiger partial charge in [0.2, 0.25) is 0 Å². The predicted octanol–water partition coefficient (Wildman–Crippen LogP) is 6.52. The molecule has 5 aliphatic rings. The zero-order chi connectivity index (χ0) is 37.6. The topological polar surface area (TPSA) is 93.6 Å². The Hall–Kier alpha value is -5.22. The largest absolute Gasteiger partial charge is 0.508 e. The maximum atomic E-state index is 15.5. The van der Waals surface area contributed by atoms with Gasteiger partial charge in [0.25, 0.3) is 5.91 Å². The molecule has 0 bridgehead atoms. The number of amides is 1. The van der Waals surface area contributed by atoms with Crippen molar-refractivity contribution in [1.82, 2.24) is 9.80 Å². The minimum absolute atomic E-state index is 0.0789. The first-order valence-electron chi connectivity index (χ1n) is 19.8. The first-order valence-corrected chi connectivity index (χ1v) is 19.8. The Morgan fingerprint density at radius 1 is 0.782 bits per heavy atom. The van der Waals surface area contributed by atoms with E-state index in [1.54, 1.807) is 18.2 Å². The Morgan fingerprint density at radius 3 is 2.29 bits per heavy atom. The second kappa shape index (κ2) is 14.8. The quantitative estimate of drug-likeness (QED) is 0.214. The van der Waals surface area contributed by atoms with Crippen LogP contribution in [-0.4, -0.2) is 90.8 Å². The van der Waals surface area contributed by atoms with Crippen LogP contribution in [0.5, 0.6) is 11.5 Å². The molecule has 284 valence electrons. The highest BCUT2D eigenvalue weighted by atomic mass is 19.1. The SMILES string of the molecule is O=C1CC[C@H](N2Cc3cc(N4CCN(CC5CCN(c6ccc([C@@H]7c8ccc(O)cc8OC[C@@H]7c7ccccc7)cc6)CC5)CC4)c(F)cc3C2=O)C(=O)C1. The number of benzene rings is 4. The standard InChI is InChI=1S/C45H47FN4O5/c46-39-25-37-32(27-50(45(37)54)40-13-11-34(51)23-42(40)53)22-41(39)49-20-18-47(19-21-49)26-29-14-16-48(17-15-29)33-8-6-31(7-9-33)44-36-12-10-35(52)24-43(36)55-28-38(44)30-4-2-1-3-5-30/h1-10,12,22,24-25,29,38,40,44,52H,11,13-21,23,26-28H2/t38-,40+,44-/m1/s1. The van der Waals surface area contributed by atoms with Crippen LogP contribution in [0.1, 0.15) is 76.6 Å². The van der Waals surface area contributed by atoms with Crippen molar-refractivity contribution >= 4 is 28.8 Å². The number of hydrogen-bond acceptors (Lipinski definition) is 8. The molecule has 4 aromatic rings. The number of halogens is 1. The van der Waals surface area contributed by atoms with E-state index in [1.807, 2.05) is 12.1 Å². The van der Waals surface area contributed by atoms with Crippen LogP contribution >= 0.6 is 0 Å². The number of phenolic OH excluding ortho intramolecular Hbond substituents is 1. The molecule has 1 aliphatic carbocycles. The molecule has 4 aromatic carbocycles. The number of fused-ring (bicyclic) bond motifs is 2. The number of piperazine rings is 1. The fourth-order valence-corrected chi connectivity index (χ4v) is 9.63. The van der Waals surface area contributed by atoms with Gasteiger partial charge in [-0.25, -0.2) is 4.39 Å². The molecule has 3 fully saturated rings. The first-order chi connectivity index (χ1) is 26.8. The van der Waals surface area contributed by atoms with E-state index in [1.165, 1.54) is 27.8 Å². The third kappa shape index (κ3) is 6.97. The minimum atomic E-state index is -0.605. The summed E-state index contributed by atoms with van der Waals surface area (Å²) in [4.78, 5) is 46.1. The number of carbonyl (C=O) groups excluding carboxylic acids is 3. The van der Waals surface area contributed by atoms with Gasteiger partial charge in [0.1, 0.15) is 23.1 Å². The van der Waals surface area contributed by atoms with E-state index in [0.717, 1.165) is 62.4 Å². The summed E-state index contributed by atoms with van der Waals surface area (Å²) in [6.07, 6.45) is 2.76. The number of rotatable bonds is 7. The van der Waals surface area contributed by atoms with Crippen molar-refractivity contribution < 1.29 is 28.6 Å². The van der Waals surface area contributed by atoms with Crippen LogP contribution in [0.2, 0.25) is 0 Å². The van der Waals surface area contributed by atoms with Crippen LogP contribution < -0.4 is 14.5 Å². The second-order valence-corrected chi connectivity index (χ2v) is 16.0. The van der Waals surface area contributed by atoms with Crippen LogP contribution in [0.15, 0.2) is 84.9 Å². The van der Waals surface area contributed by atoms with Gasteiger partial charge < -0.3 is 24.5 Å². The van der Waals surface area contributed by atoms with Gasteiger partial charge in [0, 0.05) is 93.5 Å². The van der Waals surface area contributed by atoms with Crippen molar-refractivity contribution in [2.75, 3.05) is 62.2 Å². The van der Waals surface area contributed by atoms with E-state index >= 15 is 4.39 Å². The molecular weight excluding hydrogens is 696 g/mol. The van der Waals surface area contributed by atoms with Gasteiger partial charge in [-0.3, -0.25) is 19.3 Å². The van der Waals surface area contributed by atoms with E-state index in [4.69, 9.17) is 4.74 Å². The van der Waals surface area contributed by atoms with Crippen molar-refractivity contribution in [3.63, 3.8) is 0 Å². The van der Waals surface area contributed by atoms with E-state index < -0.39 is 11.9 Å². The van der Waals surface area contributed by atoms with Crippen molar-refractivity contribution in [1.29, 1.82) is 0 Å². The summed E-state index contributed by atoms with van der Waals surface area (Å²) >= 11 is 0. The number of hydrogen-bond donors (Lipinski definition) is 1. The van der Waals surface area contributed by atoms with Crippen LogP contribution in [0.25, 0.3) is 0 Å². The highest BCUT2D eigenvalue weighted by molar-refractivity contribution is 6.07. The fourth-order valence-electron chi connectivity index (χ4n) is 9.63. The Morgan fingerprint density at radius 2 is 1.55 bits per heavy atom. The van der Waals surface area contributed by atoms with Gasteiger partial charge in [-0.2, -0.15) is 0 Å². The van der Waals surface area contributed by atoms with Crippen LogP contribution in [0, 0.1) is 11.7 Å². The average Bonchev–Trinajstić information content (AvgIpc) is 3.52. The Balaban J connectivity index is 0.790. The molecular formula is C45H47FN4O5. The number of Topliss-reactive ketones (excluding diaryl/α,β-unsaturated/α-hetero) is 2. The normalized spacial score (nSPS) is 23.5. The molecule has 1 amide bonds. The zero-order valence-electron chi connectivity index (χ0n) is 31.0. The molecule has 55 heavy (non-hydrogen) atoms. The van der Waals surface area contributed by atoms with Gasteiger partial charge in [-0.1, -0.05) is 48.5 Å². The molecule has 4 heterocycles. The van der Waals surface area contributed by atoms with Crippen molar-refractivity contribution in [3.8, 4) is 11.5 Å². The van der Waals surface area contributed by atoms with Gasteiger partial charge in [-0.15, -0.1) is 0 Å². The summed E-state index contributed by atoms with van der Waals surface area (Å²) in [5, 5.41) is 10.1. The Labute approximate surface area is 321 Å². The monoisotopic (exact) mass is 742 g/mol. The third-order valence-electron chi connectivity index (χ3n) is 12.7. The zero-order valence-corrected chi connectivity index (χ0v) is 31.0. The lowest BCUT2D eigenvalue weighted by Gasteiger charge is -2.40. The lowest BCUT2D eigenvalue weighted by Crippen LogP contribution is -2.49. The summed E-state index contributed by atoms with van der Waals surface area (Å²) in [6.45, 7) is 7.02. The number of nitrogens with zero attached hydrogens (tertiary/aromatic N) is 4. The lowest BCUT2D eigenvalue weighted by atomic mass is 9.76. The van der Waals surface area contributed by atoms with E-state index in [9.17, 15) is 19.5 Å². The van der Waals surface area contributed by atoms with Gasteiger partial charge in [0.15, 0.2) is 5.78 Å². The molecule has 1 N–H and O–H groups in total. The summed E-state index contributed by atoms with van der Waals surface area (Å²) in [5.74, 6) is 0.842. The number of piperidine rings is 1. The van der Waals surface area contributed by atoms with Gasteiger partial charge in [-0.05, 0) is 72.2 Å². The first kappa shape index (κ1) is 35.5. The summed E-state index contributed by atoms with van der Waals surface area (Å²) in [5.41, 5.74) is 6.43. The van der Waals surface area contributed by atoms with E-state index in [-0.39, 0.29) is 48.0 Å². The average molecular weight is 743 g/mol. The second-order valence-electron chi connectivity index (χ2n) is 16.0. The predicted molar refractivity (Wildman–Crippen MR) is 209 cm³/mol. The number of ether oxygens (including phenoxy) is 1. The molecule has 0 spiro atoms. The van der Waals surface area contributed by atoms with Crippen LogP contribution in [0.3, 0.4) is 0 Å². The summed E-state index contributed by atoms with van der Waals surface area (Å²) < 4.78 is 21.6. The van der Waals surface area contributed by atoms with Crippen molar-refractivity contribution in [2.45, 2.75) is 56.5 Å². The highest BCUT2D eigenvalue weighted by Gasteiger charge is 2.40. The molecule has 0 unspecified atom stereocenters. The maximum Gasteiger partial charge on any atom is 0.255 e. The molecule has 1 saturated carbocycles. The molecule has 10 heteroatoms. The summed E-state index contributed by atoms with van der Waals surface area (Å²) in [6, 6.07) is 27.6. The smallest absolute Gasteiger partial charge is 0.255 e. The molecule has 3 atom stereocenters. The fraction of sp³-hybridized carbons (Fsp3) is 0.400. The molecule has 2 saturated heterocycles. The number of ketones is 2. The van der Waals surface area contributed by atoms with E-state index in [0.29, 0.717) is 49.7 Å².